The van der Waals surface area contributed by atoms with Crippen molar-refractivity contribution < 1.29 is 23.4 Å². The Labute approximate surface area is 192 Å². The quantitative estimate of drug-likeness (QED) is 0.648. The maximum atomic E-state index is 14.4. The first-order chi connectivity index (χ1) is 15.4. The van der Waals surface area contributed by atoms with Gasteiger partial charge in [0.15, 0.2) is 0 Å². The van der Waals surface area contributed by atoms with Crippen molar-refractivity contribution in [2.45, 2.75) is 77.1 Å². The Hall–Kier alpha value is -2.45. The van der Waals surface area contributed by atoms with E-state index in [1.807, 2.05) is 6.92 Å². The molecule has 2 aliphatic carbocycles. The first-order valence-electron chi connectivity index (χ1n) is 11.4. The molecule has 1 aromatic carbocycles. The number of hydrogen-bond acceptors (Lipinski definition) is 5. The Kier molecular flexibility index (Phi) is 5.81. The largest absolute Gasteiger partial charge is 0.389 e. The molecule has 1 fully saturated rings. The molecule has 4 rings (SSSR count). The minimum atomic E-state index is -1.03. The molecule has 2 bridgehead atoms. The van der Waals surface area contributed by atoms with Crippen LogP contribution < -0.4 is 5.32 Å². The van der Waals surface area contributed by atoms with Crippen molar-refractivity contribution in [3.63, 3.8) is 0 Å². The third-order valence-corrected chi connectivity index (χ3v) is 7.20. The van der Waals surface area contributed by atoms with E-state index in [1.54, 1.807) is 19.9 Å². The number of carbonyl (C=O) groups is 1. The highest BCUT2D eigenvalue weighted by Crippen LogP contribution is 2.68. The summed E-state index contributed by atoms with van der Waals surface area (Å²) in [6, 6.07) is 5.44. The topological polar surface area (TPSA) is 84.3 Å². The molecular weight excluding hydrogens is 428 g/mol. The minimum absolute atomic E-state index is 0.0635. The number of nitrogens with one attached hydrogen (secondary N) is 1. The molecule has 1 heterocycles. The van der Waals surface area contributed by atoms with E-state index >= 15 is 0 Å². The van der Waals surface area contributed by atoms with Gasteiger partial charge in [0.25, 0.3) is 0 Å². The van der Waals surface area contributed by atoms with Crippen molar-refractivity contribution in [3.8, 4) is 11.3 Å². The molecule has 0 aliphatic heterocycles. The average Bonchev–Trinajstić information content (AvgIpc) is 3.09. The molecule has 0 spiro atoms. The summed E-state index contributed by atoms with van der Waals surface area (Å²) in [6.45, 7) is 9.39. The van der Waals surface area contributed by atoms with Gasteiger partial charge in [0.05, 0.1) is 22.6 Å². The van der Waals surface area contributed by atoms with E-state index in [0.29, 0.717) is 18.5 Å². The Morgan fingerprint density at radius 1 is 1.30 bits per heavy atom. The summed E-state index contributed by atoms with van der Waals surface area (Å²) in [4.78, 5) is 12.9. The third-order valence-electron chi connectivity index (χ3n) is 7.20. The normalized spacial score (nSPS) is 23.9. The lowest BCUT2D eigenvalue weighted by atomic mass is 9.77. The number of fused-ring (bicyclic) bond motifs is 5. The highest BCUT2D eigenvalue weighted by Gasteiger charge is 2.65. The van der Waals surface area contributed by atoms with Crippen LogP contribution in [0.2, 0.25) is 0 Å². The number of benzene rings is 1. The molecule has 2 aromatic rings. The predicted octanol–water partition coefficient (Wildman–Crippen LogP) is 4.22. The van der Waals surface area contributed by atoms with E-state index in [1.165, 1.54) is 18.2 Å². The second-order valence-corrected chi connectivity index (χ2v) is 10.3. The number of aromatic nitrogens is 2. The Morgan fingerprint density at radius 2 is 1.97 bits per heavy atom. The van der Waals surface area contributed by atoms with Crippen LogP contribution in [0.5, 0.6) is 0 Å². The van der Waals surface area contributed by atoms with Gasteiger partial charge in [-0.2, -0.15) is 5.10 Å². The van der Waals surface area contributed by atoms with Gasteiger partial charge in [-0.15, -0.1) is 5.10 Å². The second-order valence-electron chi connectivity index (χ2n) is 10.3. The monoisotopic (exact) mass is 459 g/mol. The van der Waals surface area contributed by atoms with Gasteiger partial charge in [0, 0.05) is 12.0 Å². The van der Waals surface area contributed by atoms with Crippen LogP contribution in [-0.2, 0) is 15.1 Å². The predicted molar refractivity (Wildman–Crippen MR) is 119 cm³/mol. The number of nitrogens with zero attached hydrogens (tertiary/aromatic N) is 2. The zero-order valence-electron chi connectivity index (χ0n) is 19.7. The van der Waals surface area contributed by atoms with Crippen molar-refractivity contribution in [2.75, 3.05) is 6.54 Å². The molecule has 178 valence electrons. The van der Waals surface area contributed by atoms with Gasteiger partial charge >= 0.3 is 0 Å². The van der Waals surface area contributed by atoms with Crippen LogP contribution in [0.4, 0.5) is 8.78 Å². The Morgan fingerprint density at radius 3 is 2.58 bits per heavy atom. The highest BCUT2D eigenvalue weighted by atomic mass is 19.1. The maximum Gasteiger partial charge on any atom is 0.249 e. The van der Waals surface area contributed by atoms with Crippen LogP contribution in [0.1, 0.15) is 71.1 Å². The first-order valence-corrected chi connectivity index (χ1v) is 11.4. The van der Waals surface area contributed by atoms with E-state index in [2.05, 4.69) is 29.4 Å². The smallest absolute Gasteiger partial charge is 0.249 e. The summed E-state index contributed by atoms with van der Waals surface area (Å²) in [7, 11) is 0. The number of hydrogen-bond donors (Lipinski definition) is 2. The number of ether oxygens (including phenoxy) is 1. The highest BCUT2D eigenvalue weighted by molar-refractivity contribution is 5.81. The number of amides is 1. The number of carbonyl (C=O) groups excluding carboxylic acids is 1. The molecule has 2 N–H and O–H groups in total. The van der Waals surface area contributed by atoms with E-state index in [-0.39, 0.29) is 35.0 Å². The van der Waals surface area contributed by atoms with E-state index < -0.39 is 28.9 Å². The first kappa shape index (κ1) is 23.7. The van der Waals surface area contributed by atoms with E-state index in [4.69, 9.17) is 4.74 Å². The molecule has 8 heteroatoms. The van der Waals surface area contributed by atoms with Gasteiger partial charge in [-0.1, -0.05) is 26.8 Å². The van der Waals surface area contributed by atoms with Crippen molar-refractivity contribution in [3.05, 3.63) is 47.2 Å². The Bertz CT molecular complexity index is 1060. The minimum Gasteiger partial charge on any atom is -0.389 e. The van der Waals surface area contributed by atoms with Crippen LogP contribution in [0.3, 0.4) is 0 Å². The second kappa shape index (κ2) is 8.09. The molecule has 6 nitrogen and oxygen atoms in total. The Balaban J connectivity index is 1.70. The van der Waals surface area contributed by atoms with Crippen molar-refractivity contribution in [2.24, 2.45) is 5.41 Å². The fraction of sp³-hybridized carbons (Fsp3) is 0.560. The molecule has 3 atom stereocenters. The van der Waals surface area contributed by atoms with Crippen molar-refractivity contribution in [1.82, 2.24) is 15.5 Å². The van der Waals surface area contributed by atoms with Gasteiger partial charge in [-0.3, -0.25) is 4.79 Å². The standard InChI is InChI=1S/C25H31F2N3O3/c1-6-19(22(31)28-13-23(2,3)32)33-25-11-10-15(24(25,4)5)14-12-18(29-30-21(14)25)20-16(26)8-7-9-17(20)27/h7-9,12,15,19,32H,6,10-11,13H2,1-5H3,(H,28,31)/t15-,19?,25-/m0/s1. The summed E-state index contributed by atoms with van der Waals surface area (Å²) in [5.74, 6) is -1.60. The summed E-state index contributed by atoms with van der Waals surface area (Å²) in [6.07, 6.45) is 1.20. The number of halogens is 2. The van der Waals surface area contributed by atoms with Crippen LogP contribution in [0.25, 0.3) is 11.3 Å². The zero-order valence-corrected chi connectivity index (χ0v) is 19.7. The summed E-state index contributed by atoms with van der Waals surface area (Å²) in [5, 5.41) is 21.3. The van der Waals surface area contributed by atoms with Gasteiger partial charge in [-0.25, -0.2) is 8.78 Å². The lowest BCUT2D eigenvalue weighted by Crippen LogP contribution is -2.48. The van der Waals surface area contributed by atoms with Crippen molar-refractivity contribution in [1.29, 1.82) is 0 Å². The summed E-state index contributed by atoms with van der Waals surface area (Å²) >= 11 is 0. The average molecular weight is 460 g/mol. The maximum absolute atomic E-state index is 14.4. The SMILES string of the molecule is CCC(O[C@@]12CC[C@@H](c3cc(-c4c(F)cccc4F)nnc31)C2(C)C)C(=O)NCC(C)(C)O. The summed E-state index contributed by atoms with van der Waals surface area (Å²) < 4.78 is 35.3. The zero-order chi connectivity index (χ0) is 24.2. The molecular formula is C25H31F2N3O3. The van der Waals surface area contributed by atoms with Crippen LogP contribution in [-0.4, -0.2) is 39.5 Å². The third kappa shape index (κ3) is 3.83. The van der Waals surface area contributed by atoms with Gasteiger partial charge in [0.2, 0.25) is 5.91 Å². The molecule has 1 unspecified atom stereocenters. The summed E-state index contributed by atoms with van der Waals surface area (Å²) in [5.41, 5.74) is -0.796. The number of aliphatic hydroxyl groups is 1. The van der Waals surface area contributed by atoms with E-state index in [9.17, 15) is 18.7 Å². The van der Waals surface area contributed by atoms with Gasteiger partial charge in [-0.05, 0) is 62.8 Å². The van der Waals surface area contributed by atoms with E-state index in [0.717, 1.165) is 12.0 Å². The molecule has 0 radical (unpaired) electrons. The van der Waals surface area contributed by atoms with Crippen LogP contribution >= 0.6 is 0 Å². The van der Waals surface area contributed by atoms with Gasteiger partial charge in [0.1, 0.15) is 23.3 Å². The lowest BCUT2D eigenvalue weighted by molar-refractivity contribution is -0.168. The van der Waals surface area contributed by atoms with Gasteiger partial charge < -0.3 is 15.2 Å². The fourth-order valence-electron chi connectivity index (χ4n) is 5.38. The molecule has 33 heavy (non-hydrogen) atoms. The molecule has 1 aromatic heterocycles. The molecule has 0 saturated heterocycles. The molecule has 1 saturated carbocycles. The fourth-order valence-corrected chi connectivity index (χ4v) is 5.38. The molecule has 1 amide bonds. The van der Waals surface area contributed by atoms with Crippen molar-refractivity contribution >= 4 is 5.91 Å². The lowest BCUT2D eigenvalue weighted by Gasteiger charge is -2.40. The van der Waals surface area contributed by atoms with Crippen LogP contribution in [0.15, 0.2) is 24.3 Å². The molecule has 2 aliphatic rings. The number of rotatable bonds is 7. The van der Waals surface area contributed by atoms with Crippen LogP contribution in [0, 0.1) is 17.0 Å².